The van der Waals surface area contributed by atoms with Gasteiger partial charge in [0.2, 0.25) is 11.8 Å². The Morgan fingerprint density at radius 2 is 1.81 bits per heavy atom. The average molecular weight is 308 g/mol. The highest BCUT2D eigenvalue weighted by Gasteiger charge is 2.50. The van der Waals surface area contributed by atoms with Gasteiger partial charge in [-0.3, -0.25) is 9.59 Å². The molecule has 5 heteroatoms. The van der Waals surface area contributed by atoms with E-state index in [0.717, 1.165) is 24.3 Å². The lowest BCUT2D eigenvalue weighted by Crippen LogP contribution is -2.52. The number of hydrogen-bond acceptors (Lipinski definition) is 3. The van der Waals surface area contributed by atoms with E-state index in [1.807, 2.05) is 0 Å². The van der Waals surface area contributed by atoms with E-state index in [1.54, 1.807) is 16.7 Å². The van der Waals surface area contributed by atoms with Crippen LogP contribution in [0, 0.1) is 23.2 Å². The Kier molecular flexibility index (Phi) is 3.43. The summed E-state index contributed by atoms with van der Waals surface area (Å²) in [4.78, 5) is 25.4. The molecule has 1 aliphatic heterocycles. The first-order valence-electron chi connectivity index (χ1n) is 8.24. The molecule has 116 valence electrons. The molecule has 4 bridgehead atoms. The molecule has 21 heavy (non-hydrogen) atoms. The number of amides is 2. The van der Waals surface area contributed by atoms with Gasteiger partial charge in [0, 0.05) is 6.54 Å². The summed E-state index contributed by atoms with van der Waals surface area (Å²) in [6, 6.07) is 0. The normalized spacial score (nSPS) is 40.9. The van der Waals surface area contributed by atoms with E-state index < -0.39 is 0 Å². The molecule has 1 heterocycles. The first kappa shape index (κ1) is 13.9. The second kappa shape index (κ2) is 5.18. The van der Waals surface area contributed by atoms with E-state index in [9.17, 15) is 9.59 Å². The van der Waals surface area contributed by atoms with Crippen LogP contribution < -0.4 is 5.32 Å². The Morgan fingerprint density at radius 3 is 2.33 bits per heavy atom. The second-order valence-electron chi connectivity index (χ2n) is 7.76. The van der Waals surface area contributed by atoms with Crippen molar-refractivity contribution < 1.29 is 9.59 Å². The Labute approximate surface area is 130 Å². The van der Waals surface area contributed by atoms with Gasteiger partial charge in [0.05, 0.1) is 11.6 Å². The van der Waals surface area contributed by atoms with Gasteiger partial charge in [-0.15, -0.1) is 11.8 Å². The number of carbonyl (C=O) groups is 2. The number of nitrogens with zero attached hydrogens (tertiary/aromatic N) is 1. The van der Waals surface area contributed by atoms with E-state index in [1.165, 1.54) is 38.5 Å². The van der Waals surface area contributed by atoms with Crippen LogP contribution in [0.2, 0.25) is 0 Å². The molecular formula is C16H24N2O2S. The molecule has 0 aromatic rings. The van der Waals surface area contributed by atoms with Crippen LogP contribution in [0.15, 0.2) is 0 Å². The van der Waals surface area contributed by atoms with Gasteiger partial charge in [-0.2, -0.15) is 0 Å². The monoisotopic (exact) mass is 308 g/mol. The molecule has 0 aromatic carbocycles. The summed E-state index contributed by atoms with van der Waals surface area (Å²) < 4.78 is 0. The highest BCUT2D eigenvalue weighted by atomic mass is 32.2. The molecule has 5 aliphatic rings. The molecule has 0 radical (unpaired) electrons. The van der Waals surface area contributed by atoms with Crippen molar-refractivity contribution in [3.8, 4) is 0 Å². The van der Waals surface area contributed by atoms with Crippen LogP contribution in [0.5, 0.6) is 0 Å². The highest BCUT2D eigenvalue weighted by molar-refractivity contribution is 8.00. The van der Waals surface area contributed by atoms with Gasteiger partial charge in [0.1, 0.15) is 6.54 Å². The average Bonchev–Trinajstić information content (AvgIpc) is 2.81. The Balaban J connectivity index is 1.32. The van der Waals surface area contributed by atoms with Gasteiger partial charge in [-0.1, -0.05) is 0 Å². The minimum atomic E-state index is 0.0293. The Bertz CT molecular complexity index is 430. The van der Waals surface area contributed by atoms with Gasteiger partial charge < -0.3 is 10.2 Å². The van der Waals surface area contributed by atoms with Crippen LogP contribution in [0.25, 0.3) is 0 Å². The van der Waals surface area contributed by atoms with Crippen molar-refractivity contribution in [1.82, 2.24) is 10.2 Å². The first-order valence-corrected chi connectivity index (χ1v) is 9.40. The Morgan fingerprint density at radius 1 is 1.19 bits per heavy atom. The van der Waals surface area contributed by atoms with Crippen molar-refractivity contribution in [2.45, 2.75) is 38.5 Å². The molecular weight excluding hydrogens is 284 g/mol. The predicted octanol–water partition coefficient (Wildman–Crippen LogP) is 1.85. The smallest absolute Gasteiger partial charge is 0.239 e. The zero-order chi connectivity index (χ0) is 14.4. The standard InChI is InChI=1S/C16H24N2O2S/c19-14(7-18-10-21-8-15(18)20)17-9-16-4-11-1-12(5-16)3-13(2-11)6-16/h11-13H,1-10H2,(H,17,19). The molecule has 0 spiro atoms. The van der Waals surface area contributed by atoms with Crippen molar-refractivity contribution in [1.29, 1.82) is 0 Å². The summed E-state index contributed by atoms with van der Waals surface area (Å²) in [5, 5.41) is 3.15. The van der Waals surface area contributed by atoms with E-state index in [2.05, 4.69) is 5.32 Å². The third kappa shape index (κ3) is 2.69. The predicted molar refractivity (Wildman–Crippen MR) is 82.7 cm³/mol. The fourth-order valence-electron chi connectivity index (χ4n) is 5.56. The lowest BCUT2D eigenvalue weighted by molar-refractivity contribution is -0.133. The molecule has 5 fully saturated rings. The lowest BCUT2D eigenvalue weighted by atomic mass is 9.49. The van der Waals surface area contributed by atoms with Crippen LogP contribution in [0.3, 0.4) is 0 Å². The van der Waals surface area contributed by atoms with Crippen LogP contribution in [0.4, 0.5) is 0 Å². The van der Waals surface area contributed by atoms with Crippen LogP contribution >= 0.6 is 11.8 Å². The zero-order valence-electron chi connectivity index (χ0n) is 12.5. The molecule has 2 amide bonds. The number of rotatable bonds is 4. The van der Waals surface area contributed by atoms with Crippen molar-refractivity contribution >= 4 is 23.6 Å². The summed E-state index contributed by atoms with van der Waals surface area (Å²) in [6.45, 7) is 1.09. The van der Waals surface area contributed by atoms with Gasteiger partial charge in [-0.05, 0) is 61.7 Å². The molecule has 0 atom stereocenters. The largest absolute Gasteiger partial charge is 0.354 e. The number of thioether (sulfide) groups is 1. The molecule has 0 unspecified atom stereocenters. The summed E-state index contributed by atoms with van der Waals surface area (Å²) in [6.07, 6.45) is 8.26. The van der Waals surface area contributed by atoms with Crippen molar-refractivity contribution in [2.24, 2.45) is 23.2 Å². The van der Waals surface area contributed by atoms with Crippen LogP contribution in [0.1, 0.15) is 38.5 Å². The van der Waals surface area contributed by atoms with Gasteiger partial charge in [0.15, 0.2) is 0 Å². The second-order valence-corrected chi connectivity index (χ2v) is 8.72. The fraction of sp³-hybridized carbons (Fsp3) is 0.875. The molecule has 4 nitrogen and oxygen atoms in total. The third-order valence-electron chi connectivity index (χ3n) is 5.99. The summed E-state index contributed by atoms with van der Waals surface area (Å²) in [5.74, 6) is 4.09. The molecule has 5 rings (SSSR count). The number of nitrogens with one attached hydrogen (secondary N) is 1. The Hall–Kier alpha value is -0.710. The SMILES string of the molecule is O=C(CN1CSCC1=O)NCC12CC3CC(CC(C3)C1)C2. The van der Waals surface area contributed by atoms with Gasteiger partial charge in [-0.25, -0.2) is 0 Å². The maximum absolute atomic E-state index is 12.1. The van der Waals surface area contributed by atoms with E-state index >= 15 is 0 Å². The highest BCUT2D eigenvalue weighted by Crippen LogP contribution is 2.59. The molecule has 1 saturated heterocycles. The maximum Gasteiger partial charge on any atom is 0.239 e. The molecule has 1 N–H and O–H groups in total. The topological polar surface area (TPSA) is 49.4 Å². The minimum absolute atomic E-state index is 0.0293. The summed E-state index contributed by atoms with van der Waals surface area (Å²) in [7, 11) is 0. The number of hydrogen-bond donors (Lipinski definition) is 1. The van der Waals surface area contributed by atoms with E-state index in [0.29, 0.717) is 17.0 Å². The van der Waals surface area contributed by atoms with Crippen molar-refractivity contribution in [2.75, 3.05) is 24.7 Å². The van der Waals surface area contributed by atoms with Gasteiger partial charge >= 0.3 is 0 Å². The lowest BCUT2D eigenvalue weighted by Gasteiger charge is -2.56. The maximum atomic E-state index is 12.1. The molecule has 4 saturated carbocycles. The van der Waals surface area contributed by atoms with Crippen molar-refractivity contribution in [3.63, 3.8) is 0 Å². The van der Waals surface area contributed by atoms with E-state index in [-0.39, 0.29) is 18.4 Å². The van der Waals surface area contributed by atoms with Crippen LogP contribution in [-0.2, 0) is 9.59 Å². The summed E-state index contributed by atoms with van der Waals surface area (Å²) in [5.41, 5.74) is 0.383. The molecule has 0 aromatic heterocycles. The molecule has 4 aliphatic carbocycles. The number of carbonyl (C=O) groups excluding carboxylic acids is 2. The van der Waals surface area contributed by atoms with E-state index in [4.69, 9.17) is 0 Å². The zero-order valence-corrected chi connectivity index (χ0v) is 13.3. The van der Waals surface area contributed by atoms with Gasteiger partial charge in [0.25, 0.3) is 0 Å². The first-order chi connectivity index (χ1) is 10.1. The quantitative estimate of drug-likeness (QED) is 0.862. The fourth-order valence-corrected chi connectivity index (χ4v) is 6.47. The minimum Gasteiger partial charge on any atom is -0.354 e. The van der Waals surface area contributed by atoms with Crippen molar-refractivity contribution in [3.05, 3.63) is 0 Å². The third-order valence-corrected chi connectivity index (χ3v) is 6.93. The summed E-state index contributed by atoms with van der Waals surface area (Å²) >= 11 is 1.59. The van der Waals surface area contributed by atoms with Crippen LogP contribution in [-0.4, -0.2) is 41.4 Å².